The lowest BCUT2D eigenvalue weighted by molar-refractivity contribution is -0.128. The van der Waals surface area contributed by atoms with Crippen molar-refractivity contribution in [3.8, 4) is 0 Å². The first-order valence-electron chi connectivity index (χ1n) is 8.47. The molecule has 3 N–H and O–H groups in total. The molecule has 3 unspecified atom stereocenters. The zero-order chi connectivity index (χ0) is 16.6. The van der Waals surface area contributed by atoms with Crippen LogP contribution in [0.25, 0.3) is 0 Å². The van der Waals surface area contributed by atoms with Crippen LogP contribution in [-0.4, -0.2) is 11.9 Å². The third kappa shape index (κ3) is 3.25. The predicted octanol–water partition coefficient (Wildman–Crippen LogP) is 3.30. The molecule has 3 rings (SSSR count). The topological polar surface area (TPSA) is 55.1 Å². The number of fused-ring (bicyclic) bond motifs is 2. The molecule has 1 aromatic rings. The summed E-state index contributed by atoms with van der Waals surface area (Å²) >= 11 is 0. The van der Waals surface area contributed by atoms with Gasteiger partial charge in [-0.25, -0.2) is 8.78 Å². The van der Waals surface area contributed by atoms with Gasteiger partial charge in [0.15, 0.2) is 0 Å². The average Bonchev–Trinajstić information content (AvgIpc) is 2.46. The average molecular weight is 322 g/mol. The molecule has 1 amide bonds. The molecule has 0 spiro atoms. The Kier molecular flexibility index (Phi) is 4.67. The molecule has 2 bridgehead atoms. The maximum atomic E-state index is 13.8. The predicted molar refractivity (Wildman–Crippen MR) is 84.4 cm³/mol. The fourth-order valence-electron chi connectivity index (χ4n) is 4.33. The van der Waals surface area contributed by atoms with Gasteiger partial charge in [0.25, 0.3) is 0 Å². The summed E-state index contributed by atoms with van der Waals surface area (Å²) in [6.45, 7) is 1.62. The Morgan fingerprint density at radius 1 is 1.22 bits per heavy atom. The molecule has 2 aliphatic carbocycles. The van der Waals surface area contributed by atoms with Gasteiger partial charge in [0.05, 0.1) is 6.04 Å². The lowest BCUT2D eigenvalue weighted by Gasteiger charge is -2.43. The summed E-state index contributed by atoms with van der Waals surface area (Å²) in [4.78, 5) is 12.5. The number of hydrogen-bond donors (Lipinski definition) is 2. The van der Waals surface area contributed by atoms with Gasteiger partial charge in [-0.1, -0.05) is 12.5 Å². The fourth-order valence-corrected chi connectivity index (χ4v) is 4.33. The maximum Gasteiger partial charge on any atom is 0.223 e. The van der Waals surface area contributed by atoms with Crippen molar-refractivity contribution < 1.29 is 13.6 Å². The van der Waals surface area contributed by atoms with Crippen LogP contribution in [0.4, 0.5) is 8.78 Å². The van der Waals surface area contributed by atoms with Crippen molar-refractivity contribution in [2.75, 3.05) is 0 Å². The van der Waals surface area contributed by atoms with Crippen molar-refractivity contribution >= 4 is 5.91 Å². The summed E-state index contributed by atoms with van der Waals surface area (Å²) in [6, 6.07) is 3.27. The third-order valence-corrected chi connectivity index (χ3v) is 5.58. The van der Waals surface area contributed by atoms with E-state index in [1.54, 1.807) is 6.92 Å². The van der Waals surface area contributed by atoms with E-state index in [-0.39, 0.29) is 23.4 Å². The number of carbonyl (C=O) groups is 1. The number of amides is 1. The van der Waals surface area contributed by atoms with Crippen molar-refractivity contribution in [2.45, 2.75) is 51.1 Å². The van der Waals surface area contributed by atoms with Gasteiger partial charge in [0.1, 0.15) is 11.6 Å². The van der Waals surface area contributed by atoms with E-state index in [0.29, 0.717) is 11.8 Å². The highest BCUT2D eigenvalue weighted by Crippen LogP contribution is 2.42. The zero-order valence-corrected chi connectivity index (χ0v) is 13.4. The molecule has 23 heavy (non-hydrogen) atoms. The monoisotopic (exact) mass is 322 g/mol. The molecular weight excluding hydrogens is 298 g/mol. The smallest absolute Gasteiger partial charge is 0.223 e. The van der Waals surface area contributed by atoms with Gasteiger partial charge in [0, 0.05) is 17.5 Å². The number of halogens is 2. The third-order valence-electron chi connectivity index (χ3n) is 5.58. The fraction of sp³-hybridized carbons (Fsp3) is 0.611. The maximum absolute atomic E-state index is 13.8. The van der Waals surface area contributed by atoms with E-state index in [4.69, 9.17) is 5.73 Å². The Morgan fingerprint density at radius 3 is 2.35 bits per heavy atom. The number of benzene rings is 1. The lowest BCUT2D eigenvalue weighted by Crippen LogP contribution is -2.49. The second-order valence-electron chi connectivity index (χ2n) is 7.06. The van der Waals surface area contributed by atoms with E-state index in [1.807, 2.05) is 0 Å². The van der Waals surface area contributed by atoms with Crippen molar-refractivity contribution in [1.82, 2.24) is 5.32 Å². The minimum atomic E-state index is -0.681. The van der Waals surface area contributed by atoms with Crippen LogP contribution < -0.4 is 11.1 Å². The van der Waals surface area contributed by atoms with Gasteiger partial charge in [-0.2, -0.15) is 0 Å². The van der Waals surface area contributed by atoms with Crippen molar-refractivity contribution in [1.29, 1.82) is 0 Å². The van der Waals surface area contributed by atoms with Crippen LogP contribution in [0.2, 0.25) is 0 Å². The quantitative estimate of drug-likeness (QED) is 0.897. The van der Waals surface area contributed by atoms with Crippen LogP contribution in [0, 0.1) is 29.4 Å². The van der Waals surface area contributed by atoms with Crippen LogP contribution in [-0.2, 0) is 4.79 Å². The minimum Gasteiger partial charge on any atom is -0.349 e. The minimum absolute atomic E-state index is 0.0754. The molecule has 1 aromatic carbocycles. The zero-order valence-electron chi connectivity index (χ0n) is 13.4. The van der Waals surface area contributed by atoms with Crippen LogP contribution in [0.1, 0.15) is 50.6 Å². The number of nitrogens with two attached hydrogens (primary N) is 1. The highest BCUT2D eigenvalue weighted by atomic mass is 19.1. The molecular formula is C18H24F2N2O. The van der Waals surface area contributed by atoms with Crippen LogP contribution in [0.5, 0.6) is 0 Å². The molecule has 0 saturated heterocycles. The van der Waals surface area contributed by atoms with Gasteiger partial charge in [-0.3, -0.25) is 4.79 Å². The van der Waals surface area contributed by atoms with Crippen LogP contribution >= 0.6 is 0 Å². The first kappa shape index (κ1) is 16.4. The highest BCUT2D eigenvalue weighted by molar-refractivity contribution is 5.79. The number of rotatable bonds is 3. The number of nitrogens with one attached hydrogen (secondary N) is 1. The number of carbonyl (C=O) groups excluding carboxylic acids is 1. The largest absolute Gasteiger partial charge is 0.349 e. The molecule has 2 saturated carbocycles. The lowest BCUT2D eigenvalue weighted by atomic mass is 9.65. The van der Waals surface area contributed by atoms with E-state index in [2.05, 4.69) is 5.32 Å². The molecule has 5 heteroatoms. The first-order chi connectivity index (χ1) is 11.0. The van der Waals surface area contributed by atoms with E-state index in [9.17, 15) is 13.6 Å². The van der Waals surface area contributed by atoms with E-state index in [0.717, 1.165) is 25.7 Å². The summed E-state index contributed by atoms with van der Waals surface area (Å²) in [5.74, 6) is -0.649. The molecule has 0 radical (unpaired) electrons. The van der Waals surface area contributed by atoms with E-state index in [1.165, 1.54) is 24.6 Å². The summed E-state index contributed by atoms with van der Waals surface area (Å²) in [5.41, 5.74) is 6.17. The molecule has 3 nitrogen and oxygen atoms in total. The van der Waals surface area contributed by atoms with Gasteiger partial charge in [-0.15, -0.1) is 0 Å². The van der Waals surface area contributed by atoms with Crippen LogP contribution in [0.3, 0.4) is 0 Å². The van der Waals surface area contributed by atoms with Gasteiger partial charge in [0.2, 0.25) is 5.91 Å². The first-order valence-corrected chi connectivity index (χ1v) is 8.47. The Hall–Kier alpha value is -1.49. The highest BCUT2D eigenvalue weighted by Gasteiger charge is 2.40. The molecule has 0 heterocycles. The molecule has 0 aromatic heterocycles. The van der Waals surface area contributed by atoms with Gasteiger partial charge in [-0.05, 0) is 56.6 Å². The summed E-state index contributed by atoms with van der Waals surface area (Å²) in [7, 11) is 0. The van der Waals surface area contributed by atoms with E-state index < -0.39 is 17.7 Å². The van der Waals surface area contributed by atoms with Crippen molar-refractivity contribution in [3.63, 3.8) is 0 Å². The van der Waals surface area contributed by atoms with Crippen molar-refractivity contribution in [3.05, 3.63) is 35.4 Å². The molecule has 2 fully saturated rings. The summed E-state index contributed by atoms with van der Waals surface area (Å²) < 4.78 is 27.6. The van der Waals surface area contributed by atoms with Gasteiger partial charge >= 0.3 is 0 Å². The Bertz CT molecular complexity index is 558. The number of hydrogen-bond acceptors (Lipinski definition) is 2. The summed E-state index contributed by atoms with van der Waals surface area (Å²) in [6.07, 6.45) is 4.93. The summed E-state index contributed by atoms with van der Waals surface area (Å²) in [5, 5.41) is 2.79. The Balaban J connectivity index is 1.67. The molecule has 2 aliphatic rings. The van der Waals surface area contributed by atoms with Crippen molar-refractivity contribution in [2.24, 2.45) is 23.5 Å². The second-order valence-corrected chi connectivity index (χ2v) is 7.06. The van der Waals surface area contributed by atoms with Crippen LogP contribution in [0.15, 0.2) is 18.2 Å². The normalized spacial score (nSPS) is 31.5. The molecule has 0 aliphatic heterocycles. The molecule has 126 valence electrons. The molecule has 3 atom stereocenters. The SMILES string of the molecule is CC(NC(=O)C1CC2CCCC(C1)C2N)c1c(F)cccc1F. The Labute approximate surface area is 135 Å². The van der Waals surface area contributed by atoms with Gasteiger partial charge < -0.3 is 11.1 Å². The Morgan fingerprint density at radius 2 is 1.78 bits per heavy atom. The second kappa shape index (κ2) is 6.56. The standard InChI is InChI=1S/C18H24F2N2O/c1-10(16-14(19)6-3-7-15(16)20)22-18(23)13-8-11-4-2-5-12(9-13)17(11)21/h3,6-7,10-13,17H,2,4-5,8-9,21H2,1H3,(H,22,23). The van der Waals surface area contributed by atoms with E-state index >= 15 is 0 Å².